The molecule has 0 bridgehead atoms. The van der Waals surface area contributed by atoms with Crippen LogP contribution < -0.4 is 0 Å². The lowest BCUT2D eigenvalue weighted by atomic mass is 10.00. The van der Waals surface area contributed by atoms with E-state index in [1.54, 1.807) is 6.92 Å². The van der Waals surface area contributed by atoms with Crippen molar-refractivity contribution in [2.24, 2.45) is 0 Å². The molecule has 2 rings (SSSR count). The summed E-state index contributed by atoms with van der Waals surface area (Å²) in [5.74, 6) is 0. The van der Waals surface area contributed by atoms with Crippen molar-refractivity contribution in [2.75, 3.05) is 0 Å². The number of rotatable bonds is 3. The minimum atomic E-state index is -1.37. The Morgan fingerprint density at radius 2 is 1.78 bits per heavy atom. The second-order valence-corrected chi connectivity index (χ2v) is 4.47. The van der Waals surface area contributed by atoms with E-state index in [2.05, 4.69) is 0 Å². The number of benzene rings is 1. The van der Waals surface area contributed by atoms with Crippen LogP contribution in [0.3, 0.4) is 0 Å². The first-order valence-corrected chi connectivity index (χ1v) is 5.95. The van der Waals surface area contributed by atoms with Crippen molar-refractivity contribution in [1.82, 2.24) is 0 Å². The van der Waals surface area contributed by atoms with Crippen LogP contribution >= 0.6 is 0 Å². The highest BCUT2D eigenvalue weighted by atomic mass is 16.6. The van der Waals surface area contributed by atoms with Crippen LogP contribution in [0, 0.1) is 0 Å². The lowest BCUT2D eigenvalue weighted by Crippen LogP contribution is -2.57. The quantitative estimate of drug-likeness (QED) is 0.709. The van der Waals surface area contributed by atoms with Gasteiger partial charge in [-0.3, -0.25) is 0 Å². The molecule has 0 aromatic heterocycles. The van der Waals surface area contributed by atoms with Crippen molar-refractivity contribution in [1.29, 1.82) is 0 Å². The summed E-state index contributed by atoms with van der Waals surface area (Å²) in [4.78, 5) is 0. The summed E-state index contributed by atoms with van der Waals surface area (Å²) in [6.07, 6.45) is -5.02. The molecule has 1 fully saturated rings. The second-order valence-electron chi connectivity index (χ2n) is 4.47. The molecule has 1 aliphatic heterocycles. The average Bonchev–Trinajstić information content (AvgIpc) is 2.37. The Bertz CT molecular complexity index is 369. The molecule has 0 radical (unpaired) electrons. The van der Waals surface area contributed by atoms with Gasteiger partial charge in [0.15, 0.2) is 6.29 Å². The van der Waals surface area contributed by atoms with Crippen LogP contribution in [0.1, 0.15) is 12.5 Å². The van der Waals surface area contributed by atoms with Crippen molar-refractivity contribution < 1.29 is 24.8 Å². The smallest absolute Gasteiger partial charge is 0.183 e. The lowest BCUT2D eigenvalue weighted by molar-refractivity contribution is -0.287. The molecule has 5 heteroatoms. The molecule has 100 valence electrons. The van der Waals surface area contributed by atoms with Crippen molar-refractivity contribution in [2.45, 2.75) is 44.2 Å². The van der Waals surface area contributed by atoms with Crippen LogP contribution in [0.5, 0.6) is 0 Å². The molecule has 18 heavy (non-hydrogen) atoms. The van der Waals surface area contributed by atoms with Gasteiger partial charge in [-0.25, -0.2) is 0 Å². The van der Waals surface area contributed by atoms with Crippen LogP contribution in [-0.4, -0.2) is 46.0 Å². The number of aliphatic hydroxyl groups excluding tert-OH is 3. The highest BCUT2D eigenvalue weighted by molar-refractivity contribution is 5.13. The monoisotopic (exact) mass is 254 g/mol. The maximum absolute atomic E-state index is 9.84. The molecule has 3 N–H and O–H groups in total. The van der Waals surface area contributed by atoms with Gasteiger partial charge in [0, 0.05) is 0 Å². The van der Waals surface area contributed by atoms with E-state index in [-0.39, 0.29) is 0 Å². The highest BCUT2D eigenvalue weighted by Crippen LogP contribution is 2.23. The van der Waals surface area contributed by atoms with Gasteiger partial charge in [0.05, 0.1) is 12.7 Å². The largest absolute Gasteiger partial charge is 0.387 e. The SMILES string of the molecule is C[C@H]1O[C@@H](O)[C@H](O)[C@H](O)[C@H]1OCc1ccccc1. The van der Waals surface area contributed by atoms with Gasteiger partial charge in [-0.05, 0) is 12.5 Å². The molecular weight excluding hydrogens is 236 g/mol. The van der Waals surface area contributed by atoms with E-state index in [0.717, 1.165) is 5.56 Å². The number of hydrogen-bond acceptors (Lipinski definition) is 5. The zero-order valence-corrected chi connectivity index (χ0v) is 10.1. The zero-order valence-electron chi connectivity index (χ0n) is 10.1. The standard InChI is InChI=1S/C13H18O5/c1-8-12(10(14)11(15)13(16)18-8)17-7-9-5-3-2-4-6-9/h2-6,8,10-16H,7H2,1H3/t8-,10+,11-,12+,13-/m1/s1. The number of aliphatic hydroxyl groups is 3. The third kappa shape index (κ3) is 2.88. The van der Waals surface area contributed by atoms with E-state index >= 15 is 0 Å². The molecule has 0 aliphatic carbocycles. The maximum Gasteiger partial charge on any atom is 0.183 e. The average molecular weight is 254 g/mol. The van der Waals surface area contributed by atoms with Gasteiger partial charge in [0.25, 0.3) is 0 Å². The Balaban J connectivity index is 1.96. The second kappa shape index (κ2) is 5.77. The van der Waals surface area contributed by atoms with E-state index in [1.807, 2.05) is 30.3 Å². The Morgan fingerprint density at radius 1 is 1.11 bits per heavy atom. The molecule has 1 saturated heterocycles. The predicted octanol–water partition coefficient (Wildman–Crippen LogP) is 0.0307. The van der Waals surface area contributed by atoms with E-state index < -0.39 is 30.7 Å². The fourth-order valence-corrected chi connectivity index (χ4v) is 2.02. The fourth-order valence-electron chi connectivity index (χ4n) is 2.02. The summed E-state index contributed by atoms with van der Waals surface area (Å²) in [5, 5.41) is 28.7. The first kappa shape index (κ1) is 13.5. The zero-order chi connectivity index (χ0) is 13.1. The maximum atomic E-state index is 9.84. The summed E-state index contributed by atoms with van der Waals surface area (Å²) < 4.78 is 10.7. The van der Waals surface area contributed by atoms with Gasteiger partial charge in [-0.1, -0.05) is 30.3 Å². The minimum absolute atomic E-state index is 0.319. The summed E-state index contributed by atoms with van der Waals surface area (Å²) in [6.45, 7) is 2.01. The first-order chi connectivity index (χ1) is 8.59. The molecule has 0 amide bonds. The Hall–Kier alpha value is -0.980. The van der Waals surface area contributed by atoms with Gasteiger partial charge in [0.2, 0.25) is 0 Å². The molecule has 1 heterocycles. The fraction of sp³-hybridized carbons (Fsp3) is 0.538. The van der Waals surface area contributed by atoms with Crippen molar-refractivity contribution in [3.05, 3.63) is 35.9 Å². The lowest BCUT2D eigenvalue weighted by Gasteiger charge is -2.39. The Morgan fingerprint density at radius 3 is 2.44 bits per heavy atom. The van der Waals surface area contributed by atoms with Crippen molar-refractivity contribution in [3.8, 4) is 0 Å². The molecular formula is C13H18O5. The van der Waals surface area contributed by atoms with Crippen LogP contribution in [-0.2, 0) is 16.1 Å². The molecule has 0 spiro atoms. The van der Waals surface area contributed by atoms with E-state index in [0.29, 0.717) is 6.61 Å². The molecule has 5 atom stereocenters. The molecule has 0 saturated carbocycles. The third-order valence-corrected chi connectivity index (χ3v) is 3.08. The molecule has 5 nitrogen and oxygen atoms in total. The molecule has 1 aromatic rings. The van der Waals surface area contributed by atoms with Crippen molar-refractivity contribution in [3.63, 3.8) is 0 Å². The summed E-state index contributed by atoms with van der Waals surface area (Å²) in [7, 11) is 0. The van der Waals surface area contributed by atoms with Crippen LogP contribution in [0.25, 0.3) is 0 Å². The Kier molecular flexibility index (Phi) is 4.31. The van der Waals surface area contributed by atoms with Gasteiger partial charge < -0.3 is 24.8 Å². The number of ether oxygens (including phenoxy) is 2. The Labute approximate surface area is 106 Å². The highest BCUT2D eigenvalue weighted by Gasteiger charge is 2.42. The number of hydrogen-bond donors (Lipinski definition) is 3. The van der Waals surface area contributed by atoms with E-state index in [9.17, 15) is 15.3 Å². The van der Waals surface area contributed by atoms with Crippen LogP contribution in [0.4, 0.5) is 0 Å². The normalized spacial score (nSPS) is 36.6. The predicted molar refractivity (Wildman–Crippen MR) is 63.6 cm³/mol. The minimum Gasteiger partial charge on any atom is -0.387 e. The van der Waals surface area contributed by atoms with E-state index in [4.69, 9.17) is 9.47 Å². The summed E-state index contributed by atoms with van der Waals surface area (Å²) in [6, 6.07) is 9.52. The van der Waals surface area contributed by atoms with E-state index in [1.165, 1.54) is 0 Å². The molecule has 0 unspecified atom stereocenters. The van der Waals surface area contributed by atoms with Gasteiger partial charge in [-0.2, -0.15) is 0 Å². The summed E-state index contributed by atoms with van der Waals surface area (Å²) in [5.41, 5.74) is 0.970. The third-order valence-electron chi connectivity index (χ3n) is 3.08. The van der Waals surface area contributed by atoms with Crippen molar-refractivity contribution >= 4 is 0 Å². The van der Waals surface area contributed by atoms with Crippen LogP contribution in [0.15, 0.2) is 30.3 Å². The first-order valence-electron chi connectivity index (χ1n) is 5.95. The molecule has 1 aliphatic rings. The topological polar surface area (TPSA) is 79.2 Å². The van der Waals surface area contributed by atoms with Gasteiger partial charge >= 0.3 is 0 Å². The van der Waals surface area contributed by atoms with Gasteiger partial charge in [-0.15, -0.1) is 0 Å². The van der Waals surface area contributed by atoms with Crippen LogP contribution in [0.2, 0.25) is 0 Å². The summed E-state index contributed by atoms with van der Waals surface area (Å²) >= 11 is 0. The molecule has 1 aromatic carbocycles. The van der Waals surface area contributed by atoms with Gasteiger partial charge in [0.1, 0.15) is 18.3 Å².